The Hall–Kier alpha value is -2.84. The summed E-state index contributed by atoms with van der Waals surface area (Å²) < 4.78 is 1.70. The number of nitrogens with one attached hydrogen (secondary N) is 1. The fourth-order valence-corrected chi connectivity index (χ4v) is 3.40. The van der Waals surface area contributed by atoms with Crippen LogP contribution in [0.5, 0.6) is 0 Å². The molecule has 0 unspecified atom stereocenters. The summed E-state index contributed by atoms with van der Waals surface area (Å²) in [6.07, 6.45) is 1.54. The molecule has 0 bridgehead atoms. The highest BCUT2D eigenvalue weighted by atomic mass is 35.5. The Morgan fingerprint density at radius 2 is 2.12 bits per heavy atom. The molecule has 0 atom stereocenters. The van der Waals surface area contributed by atoms with Gasteiger partial charge in [-0.3, -0.25) is 4.79 Å². The zero-order valence-corrected chi connectivity index (χ0v) is 14.5. The lowest BCUT2D eigenvalue weighted by Gasteiger charge is -2.07. The molecular weight excluding hydrogens is 360 g/mol. The van der Waals surface area contributed by atoms with E-state index in [4.69, 9.17) is 11.6 Å². The normalized spacial score (nSPS) is 11.0. The highest BCUT2D eigenvalue weighted by molar-refractivity contribution is 7.19. The molecule has 0 fully saturated rings. The lowest BCUT2D eigenvalue weighted by molar-refractivity contribution is 0.102. The number of aromatic nitrogens is 5. The highest BCUT2D eigenvalue weighted by Crippen LogP contribution is 2.27. The molecule has 0 saturated carbocycles. The van der Waals surface area contributed by atoms with Gasteiger partial charge >= 0.3 is 0 Å². The summed E-state index contributed by atoms with van der Waals surface area (Å²) in [6.45, 7) is 1.85. The number of fused-ring (bicyclic) bond motifs is 1. The Kier molecular flexibility index (Phi) is 3.90. The number of rotatable bonds is 3. The van der Waals surface area contributed by atoms with E-state index in [1.54, 1.807) is 22.7 Å². The fraction of sp³-hybridized carbons (Fsp3) is 0.0625. The maximum Gasteiger partial charge on any atom is 0.258 e. The quantitative estimate of drug-likeness (QED) is 0.558. The van der Waals surface area contributed by atoms with Gasteiger partial charge in [-0.15, -0.1) is 10.2 Å². The molecule has 1 aromatic carbocycles. The zero-order valence-electron chi connectivity index (χ0n) is 13.0. The number of hydrogen-bond acceptors (Lipinski definition) is 6. The van der Waals surface area contributed by atoms with Gasteiger partial charge in [0.2, 0.25) is 4.96 Å². The first kappa shape index (κ1) is 15.7. The first-order chi connectivity index (χ1) is 12.1. The number of aryl methyl sites for hydroxylation is 1. The van der Waals surface area contributed by atoms with Gasteiger partial charge in [0, 0.05) is 17.4 Å². The van der Waals surface area contributed by atoms with Gasteiger partial charge in [-0.2, -0.15) is 9.61 Å². The van der Waals surface area contributed by atoms with Crippen LogP contribution in [0.2, 0.25) is 5.15 Å². The van der Waals surface area contributed by atoms with Crippen LogP contribution in [0.25, 0.3) is 15.5 Å². The average molecular weight is 371 g/mol. The molecule has 124 valence electrons. The Bertz CT molecular complexity index is 1090. The van der Waals surface area contributed by atoms with Crippen LogP contribution in [0.1, 0.15) is 16.2 Å². The van der Waals surface area contributed by atoms with Crippen molar-refractivity contribution in [2.24, 2.45) is 0 Å². The molecule has 25 heavy (non-hydrogen) atoms. The predicted molar refractivity (Wildman–Crippen MR) is 96.0 cm³/mol. The Labute approximate surface area is 151 Å². The van der Waals surface area contributed by atoms with Gasteiger partial charge in [0.25, 0.3) is 5.91 Å². The van der Waals surface area contributed by atoms with Crippen molar-refractivity contribution in [3.8, 4) is 10.6 Å². The van der Waals surface area contributed by atoms with Gasteiger partial charge in [-0.1, -0.05) is 35.1 Å². The number of hydrogen-bond donors (Lipinski definition) is 1. The molecule has 0 aliphatic carbocycles. The third kappa shape index (κ3) is 2.97. The molecular formula is C16H11ClN6OS. The largest absolute Gasteiger partial charge is 0.322 e. The molecule has 1 amide bonds. The van der Waals surface area contributed by atoms with E-state index < -0.39 is 0 Å². The van der Waals surface area contributed by atoms with Crippen LogP contribution >= 0.6 is 22.9 Å². The number of nitrogens with zero attached hydrogens (tertiary/aromatic N) is 5. The van der Waals surface area contributed by atoms with E-state index in [1.807, 2.05) is 25.1 Å². The van der Waals surface area contributed by atoms with Gasteiger partial charge in [0.1, 0.15) is 10.2 Å². The predicted octanol–water partition coefficient (Wildman–Crippen LogP) is 3.46. The van der Waals surface area contributed by atoms with Gasteiger partial charge < -0.3 is 5.32 Å². The molecule has 3 heterocycles. The van der Waals surface area contributed by atoms with Crippen molar-refractivity contribution >= 4 is 39.5 Å². The minimum atomic E-state index is -0.316. The highest BCUT2D eigenvalue weighted by Gasteiger charge is 2.13. The Balaban J connectivity index is 1.63. The third-order valence-electron chi connectivity index (χ3n) is 3.52. The summed E-state index contributed by atoms with van der Waals surface area (Å²) in [6, 6.07) is 10.7. The van der Waals surface area contributed by atoms with Crippen molar-refractivity contribution in [1.82, 2.24) is 24.8 Å². The van der Waals surface area contributed by atoms with Gasteiger partial charge in [0.15, 0.2) is 5.82 Å². The number of anilines is 1. The lowest BCUT2D eigenvalue weighted by Crippen LogP contribution is -2.12. The monoisotopic (exact) mass is 370 g/mol. The van der Waals surface area contributed by atoms with E-state index >= 15 is 0 Å². The summed E-state index contributed by atoms with van der Waals surface area (Å²) >= 11 is 7.40. The Morgan fingerprint density at radius 3 is 2.92 bits per heavy atom. The number of halogens is 1. The second-order valence-electron chi connectivity index (χ2n) is 5.23. The molecule has 1 N–H and O–H groups in total. The van der Waals surface area contributed by atoms with E-state index in [1.165, 1.54) is 17.5 Å². The fourth-order valence-electron chi connectivity index (χ4n) is 2.32. The second kappa shape index (κ2) is 6.23. The molecule has 7 nitrogen and oxygen atoms in total. The van der Waals surface area contributed by atoms with Crippen LogP contribution in [-0.2, 0) is 0 Å². The van der Waals surface area contributed by atoms with Crippen molar-refractivity contribution < 1.29 is 4.79 Å². The van der Waals surface area contributed by atoms with Crippen LogP contribution in [-0.4, -0.2) is 30.7 Å². The maximum atomic E-state index is 12.4. The summed E-state index contributed by atoms with van der Waals surface area (Å²) in [5.41, 5.74) is 1.85. The van der Waals surface area contributed by atoms with Crippen molar-refractivity contribution in [1.29, 1.82) is 0 Å². The molecule has 0 saturated heterocycles. The lowest BCUT2D eigenvalue weighted by atomic mass is 10.2. The van der Waals surface area contributed by atoms with E-state index in [0.29, 0.717) is 11.3 Å². The zero-order chi connectivity index (χ0) is 17.4. The Morgan fingerprint density at radius 1 is 1.24 bits per heavy atom. The summed E-state index contributed by atoms with van der Waals surface area (Å²) in [7, 11) is 0. The standard InChI is InChI=1S/C16H11ClN6OS/c1-9-20-21-16-23(9)22-15(25-16)10-4-2-5-11(8-10)19-14(24)12-6-3-7-18-13(12)17/h2-8H,1H3,(H,19,24). The van der Waals surface area contributed by atoms with Crippen molar-refractivity contribution in [3.63, 3.8) is 0 Å². The minimum Gasteiger partial charge on any atom is -0.322 e. The molecule has 4 aromatic rings. The molecule has 0 aliphatic rings. The number of pyridine rings is 1. The van der Waals surface area contributed by atoms with Crippen LogP contribution in [0, 0.1) is 6.92 Å². The van der Waals surface area contributed by atoms with E-state index in [-0.39, 0.29) is 11.1 Å². The first-order valence-corrected chi connectivity index (χ1v) is 8.52. The summed E-state index contributed by atoms with van der Waals surface area (Å²) in [5, 5.41) is 16.3. The van der Waals surface area contributed by atoms with Gasteiger partial charge in [0.05, 0.1) is 5.56 Å². The average Bonchev–Trinajstić information content (AvgIpc) is 3.18. The minimum absolute atomic E-state index is 0.167. The smallest absolute Gasteiger partial charge is 0.258 e. The third-order valence-corrected chi connectivity index (χ3v) is 4.77. The molecule has 9 heteroatoms. The van der Waals surface area contributed by atoms with Crippen LogP contribution in [0.3, 0.4) is 0 Å². The SMILES string of the molecule is Cc1nnc2sc(-c3cccc(NC(=O)c4cccnc4Cl)c3)nn12. The molecule has 3 aromatic heterocycles. The maximum absolute atomic E-state index is 12.4. The van der Waals surface area contributed by atoms with Crippen molar-refractivity contribution in [3.05, 3.63) is 59.1 Å². The van der Waals surface area contributed by atoms with E-state index in [2.05, 4.69) is 25.6 Å². The van der Waals surface area contributed by atoms with Crippen LogP contribution < -0.4 is 5.32 Å². The van der Waals surface area contributed by atoms with Gasteiger partial charge in [-0.05, 0) is 31.2 Å². The van der Waals surface area contributed by atoms with Crippen molar-refractivity contribution in [2.45, 2.75) is 6.92 Å². The van der Waals surface area contributed by atoms with Crippen LogP contribution in [0.15, 0.2) is 42.6 Å². The molecule has 0 aliphatic heterocycles. The molecule has 0 spiro atoms. The van der Waals surface area contributed by atoms with E-state index in [0.717, 1.165) is 21.4 Å². The van der Waals surface area contributed by atoms with Gasteiger partial charge in [-0.25, -0.2) is 4.98 Å². The number of amides is 1. The summed E-state index contributed by atoms with van der Waals surface area (Å²) in [4.78, 5) is 17.0. The summed E-state index contributed by atoms with van der Waals surface area (Å²) in [5.74, 6) is 0.414. The van der Waals surface area contributed by atoms with Crippen LogP contribution in [0.4, 0.5) is 5.69 Å². The number of carbonyl (C=O) groups excluding carboxylic acids is 1. The number of benzene rings is 1. The second-order valence-corrected chi connectivity index (χ2v) is 6.54. The first-order valence-electron chi connectivity index (χ1n) is 7.33. The number of carbonyl (C=O) groups is 1. The topological polar surface area (TPSA) is 85.1 Å². The molecule has 4 rings (SSSR count). The molecule has 0 radical (unpaired) electrons. The van der Waals surface area contributed by atoms with E-state index in [9.17, 15) is 4.79 Å². The van der Waals surface area contributed by atoms with Crippen molar-refractivity contribution in [2.75, 3.05) is 5.32 Å².